The Hall–Kier alpha value is -2.82. The van der Waals surface area contributed by atoms with E-state index in [9.17, 15) is 9.59 Å². The van der Waals surface area contributed by atoms with Crippen LogP contribution < -0.4 is 5.32 Å². The van der Waals surface area contributed by atoms with E-state index in [4.69, 9.17) is 0 Å². The molecule has 2 aromatic rings. The van der Waals surface area contributed by atoms with Gasteiger partial charge in [0.15, 0.2) is 0 Å². The minimum atomic E-state index is -0.0905. The topological polar surface area (TPSA) is 52.7 Å². The molecule has 0 radical (unpaired) electrons. The standard InChI is InChI=1S/C23H31N3O2/c1-5-25(6-2)22(27)21-13-11-19(12-14-21)16-24-23(28)26(7-3)17-20-10-8-9-18(4)15-20/h8-15H,5-7,16-17H2,1-4H3,(H,24,28). The minimum Gasteiger partial charge on any atom is -0.339 e. The van der Waals surface area contributed by atoms with Crippen molar-refractivity contribution in [3.05, 3.63) is 70.8 Å². The Morgan fingerprint density at radius 2 is 1.50 bits per heavy atom. The third-order valence-electron chi connectivity index (χ3n) is 4.82. The molecular formula is C23H31N3O2. The predicted molar refractivity (Wildman–Crippen MR) is 113 cm³/mol. The summed E-state index contributed by atoms with van der Waals surface area (Å²) >= 11 is 0. The van der Waals surface area contributed by atoms with Gasteiger partial charge in [0.25, 0.3) is 5.91 Å². The number of rotatable bonds is 8. The minimum absolute atomic E-state index is 0.0379. The monoisotopic (exact) mass is 381 g/mol. The summed E-state index contributed by atoms with van der Waals surface area (Å²) in [5, 5.41) is 2.97. The molecule has 0 aromatic heterocycles. The Bertz CT molecular complexity index is 783. The molecule has 2 aromatic carbocycles. The van der Waals surface area contributed by atoms with Gasteiger partial charge in [-0.2, -0.15) is 0 Å². The van der Waals surface area contributed by atoms with Crippen molar-refractivity contribution in [3.8, 4) is 0 Å². The number of carbonyl (C=O) groups excluding carboxylic acids is 2. The van der Waals surface area contributed by atoms with Crippen molar-refractivity contribution in [1.29, 1.82) is 0 Å². The second-order valence-corrected chi connectivity index (χ2v) is 6.84. The molecule has 0 spiro atoms. The molecule has 2 rings (SSSR count). The molecule has 0 bridgehead atoms. The van der Waals surface area contributed by atoms with E-state index < -0.39 is 0 Å². The number of hydrogen-bond donors (Lipinski definition) is 1. The van der Waals surface area contributed by atoms with Crippen LogP contribution in [0.2, 0.25) is 0 Å². The van der Waals surface area contributed by atoms with E-state index in [0.717, 1.165) is 11.1 Å². The fourth-order valence-corrected chi connectivity index (χ4v) is 3.11. The lowest BCUT2D eigenvalue weighted by Gasteiger charge is -2.22. The lowest BCUT2D eigenvalue weighted by molar-refractivity contribution is 0.0773. The highest BCUT2D eigenvalue weighted by atomic mass is 16.2. The number of benzene rings is 2. The van der Waals surface area contributed by atoms with E-state index in [0.29, 0.717) is 38.3 Å². The van der Waals surface area contributed by atoms with Crippen LogP contribution in [0.4, 0.5) is 4.79 Å². The van der Waals surface area contributed by atoms with E-state index in [1.807, 2.05) is 57.2 Å². The number of carbonyl (C=O) groups is 2. The summed E-state index contributed by atoms with van der Waals surface area (Å²) in [6.07, 6.45) is 0. The maximum atomic E-state index is 12.5. The molecule has 5 nitrogen and oxygen atoms in total. The summed E-state index contributed by atoms with van der Waals surface area (Å²) in [5.41, 5.74) is 3.95. The first-order chi connectivity index (χ1) is 13.5. The molecule has 0 unspecified atom stereocenters. The Balaban J connectivity index is 1.93. The molecule has 0 saturated heterocycles. The van der Waals surface area contributed by atoms with Gasteiger partial charge in [0.1, 0.15) is 0 Å². The molecule has 5 heteroatoms. The van der Waals surface area contributed by atoms with Crippen LogP contribution in [0.25, 0.3) is 0 Å². The van der Waals surface area contributed by atoms with Crippen molar-refractivity contribution < 1.29 is 9.59 Å². The number of nitrogens with zero attached hydrogens (tertiary/aromatic N) is 2. The smallest absolute Gasteiger partial charge is 0.317 e. The first-order valence-electron chi connectivity index (χ1n) is 9.95. The number of urea groups is 1. The Labute approximate surface area is 168 Å². The highest BCUT2D eigenvalue weighted by Crippen LogP contribution is 2.10. The van der Waals surface area contributed by atoms with Crippen molar-refractivity contribution >= 4 is 11.9 Å². The molecule has 0 heterocycles. The van der Waals surface area contributed by atoms with Gasteiger partial charge in [0.2, 0.25) is 0 Å². The van der Waals surface area contributed by atoms with Gasteiger partial charge in [-0.05, 0) is 51.0 Å². The fourth-order valence-electron chi connectivity index (χ4n) is 3.11. The van der Waals surface area contributed by atoms with Gasteiger partial charge in [-0.1, -0.05) is 42.0 Å². The second kappa shape index (κ2) is 10.5. The number of amides is 3. The highest BCUT2D eigenvalue weighted by molar-refractivity contribution is 5.94. The van der Waals surface area contributed by atoms with E-state index >= 15 is 0 Å². The van der Waals surface area contributed by atoms with Crippen LogP contribution in [-0.4, -0.2) is 41.4 Å². The van der Waals surface area contributed by atoms with Crippen LogP contribution in [0.15, 0.2) is 48.5 Å². The van der Waals surface area contributed by atoms with Crippen LogP contribution in [0.1, 0.15) is 47.8 Å². The summed E-state index contributed by atoms with van der Waals surface area (Å²) in [6.45, 7) is 11.0. The van der Waals surface area contributed by atoms with Crippen LogP contribution in [0.3, 0.4) is 0 Å². The molecule has 1 N–H and O–H groups in total. The maximum Gasteiger partial charge on any atom is 0.317 e. The normalized spacial score (nSPS) is 10.4. The molecular weight excluding hydrogens is 350 g/mol. The largest absolute Gasteiger partial charge is 0.339 e. The van der Waals surface area contributed by atoms with Crippen LogP contribution in [0.5, 0.6) is 0 Å². The van der Waals surface area contributed by atoms with Gasteiger partial charge in [0.05, 0.1) is 0 Å². The zero-order valence-corrected chi connectivity index (χ0v) is 17.4. The van der Waals surface area contributed by atoms with Crippen LogP contribution >= 0.6 is 0 Å². The molecule has 0 atom stereocenters. The van der Waals surface area contributed by atoms with Crippen LogP contribution in [-0.2, 0) is 13.1 Å². The van der Waals surface area contributed by atoms with E-state index in [1.54, 1.807) is 9.80 Å². The van der Waals surface area contributed by atoms with Gasteiger partial charge < -0.3 is 15.1 Å². The van der Waals surface area contributed by atoms with Crippen molar-refractivity contribution in [2.24, 2.45) is 0 Å². The number of aryl methyl sites for hydroxylation is 1. The first-order valence-corrected chi connectivity index (χ1v) is 9.95. The second-order valence-electron chi connectivity index (χ2n) is 6.84. The molecule has 0 aliphatic rings. The average molecular weight is 382 g/mol. The summed E-state index contributed by atoms with van der Waals surface area (Å²) in [5.74, 6) is 0.0379. The summed E-state index contributed by atoms with van der Waals surface area (Å²) in [4.78, 5) is 28.5. The molecule has 28 heavy (non-hydrogen) atoms. The fraction of sp³-hybridized carbons (Fsp3) is 0.391. The summed E-state index contributed by atoms with van der Waals surface area (Å²) in [7, 11) is 0. The molecule has 0 aliphatic carbocycles. The van der Waals surface area contributed by atoms with Crippen molar-refractivity contribution in [1.82, 2.24) is 15.1 Å². The highest BCUT2D eigenvalue weighted by Gasteiger charge is 2.14. The molecule has 0 saturated carbocycles. The SMILES string of the molecule is CCN(Cc1cccc(C)c1)C(=O)NCc1ccc(C(=O)N(CC)CC)cc1. The maximum absolute atomic E-state index is 12.5. The summed E-state index contributed by atoms with van der Waals surface area (Å²) < 4.78 is 0. The molecule has 0 fully saturated rings. The average Bonchev–Trinajstić information content (AvgIpc) is 2.71. The van der Waals surface area contributed by atoms with E-state index in [2.05, 4.69) is 24.4 Å². The zero-order valence-electron chi connectivity index (χ0n) is 17.4. The van der Waals surface area contributed by atoms with Gasteiger partial charge in [-0.3, -0.25) is 4.79 Å². The van der Waals surface area contributed by atoms with Gasteiger partial charge >= 0.3 is 6.03 Å². The zero-order chi connectivity index (χ0) is 20.5. The quantitative estimate of drug-likeness (QED) is 0.745. The first kappa shape index (κ1) is 21.5. The Morgan fingerprint density at radius 3 is 2.07 bits per heavy atom. The number of hydrogen-bond acceptors (Lipinski definition) is 2. The third kappa shape index (κ3) is 5.84. The Morgan fingerprint density at radius 1 is 0.857 bits per heavy atom. The Kier molecular flexibility index (Phi) is 8.05. The third-order valence-corrected chi connectivity index (χ3v) is 4.82. The molecule has 150 valence electrons. The predicted octanol–water partition coefficient (Wildman–Crippen LogP) is 4.21. The lowest BCUT2D eigenvalue weighted by Crippen LogP contribution is -2.39. The van der Waals surface area contributed by atoms with Crippen LogP contribution in [0, 0.1) is 6.92 Å². The van der Waals surface area contributed by atoms with Gasteiger partial charge in [-0.25, -0.2) is 4.79 Å². The van der Waals surface area contributed by atoms with Crippen molar-refractivity contribution in [2.75, 3.05) is 19.6 Å². The van der Waals surface area contributed by atoms with E-state index in [-0.39, 0.29) is 11.9 Å². The lowest BCUT2D eigenvalue weighted by atomic mass is 10.1. The van der Waals surface area contributed by atoms with Crippen molar-refractivity contribution in [2.45, 2.75) is 40.8 Å². The molecule has 0 aliphatic heterocycles. The van der Waals surface area contributed by atoms with Gasteiger partial charge in [-0.15, -0.1) is 0 Å². The van der Waals surface area contributed by atoms with Crippen molar-refractivity contribution in [3.63, 3.8) is 0 Å². The van der Waals surface area contributed by atoms with Gasteiger partial charge in [0, 0.05) is 38.3 Å². The summed E-state index contributed by atoms with van der Waals surface area (Å²) in [6, 6.07) is 15.6. The van der Waals surface area contributed by atoms with E-state index in [1.165, 1.54) is 5.56 Å². The molecule has 3 amide bonds. The number of nitrogens with one attached hydrogen (secondary N) is 1.